The van der Waals surface area contributed by atoms with Crippen LogP contribution in [0.15, 0.2) is 24.3 Å². The Hall–Kier alpha value is -0.570. The summed E-state index contributed by atoms with van der Waals surface area (Å²) in [4.78, 5) is 0. The molecule has 2 rings (SSSR count). The van der Waals surface area contributed by atoms with Gasteiger partial charge in [-0.2, -0.15) is 0 Å². The van der Waals surface area contributed by atoms with Crippen LogP contribution in [0.4, 0.5) is 0 Å². The summed E-state index contributed by atoms with van der Waals surface area (Å²) in [5.74, 6) is 0. The molecule has 0 aromatic heterocycles. The summed E-state index contributed by atoms with van der Waals surface area (Å²) in [6.45, 7) is 4.12. The molecule has 2 nitrogen and oxygen atoms in total. The van der Waals surface area contributed by atoms with E-state index in [2.05, 4.69) is 13.8 Å². The fourth-order valence-electron chi connectivity index (χ4n) is 1.85. The van der Waals surface area contributed by atoms with Crippen LogP contribution >= 0.6 is 11.6 Å². The Morgan fingerprint density at radius 3 is 2.33 bits per heavy atom. The molecule has 0 bridgehead atoms. The standard InChI is InChI=1S/C12H15ClO2/c1-8-7-9(2)15-12(14-8)10-5-3-4-6-11(10)13/h3-6,8-9,12H,7H2,1-2H3/t8-,9+,12?. The Labute approximate surface area is 95.1 Å². The van der Waals surface area contributed by atoms with Crippen molar-refractivity contribution in [1.29, 1.82) is 0 Å². The number of hydrogen-bond acceptors (Lipinski definition) is 2. The van der Waals surface area contributed by atoms with Crippen LogP contribution in [-0.2, 0) is 9.47 Å². The number of rotatable bonds is 1. The first kappa shape index (κ1) is 10.9. The number of halogens is 1. The highest BCUT2D eigenvalue weighted by Gasteiger charge is 2.27. The molecular formula is C12H15ClO2. The molecule has 0 spiro atoms. The molecule has 0 aliphatic carbocycles. The lowest BCUT2D eigenvalue weighted by molar-refractivity contribution is -0.239. The van der Waals surface area contributed by atoms with Gasteiger partial charge in [-0.3, -0.25) is 0 Å². The summed E-state index contributed by atoms with van der Waals surface area (Å²) in [7, 11) is 0. The van der Waals surface area contributed by atoms with Crippen molar-refractivity contribution in [3.63, 3.8) is 0 Å². The van der Waals surface area contributed by atoms with Crippen LogP contribution in [0, 0.1) is 0 Å². The van der Waals surface area contributed by atoms with Crippen molar-refractivity contribution >= 4 is 11.6 Å². The van der Waals surface area contributed by atoms with Crippen molar-refractivity contribution in [3.8, 4) is 0 Å². The first-order valence-corrected chi connectivity index (χ1v) is 5.60. The Bertz CT molecular complexity index is 330. The van der Waals surface area contributed by atoms with E-state index >= 15 is 0 Å². The second-order valence-corrected chi connectivity index (χ2v) is 4.39. The highest BCUT2D eigenvalue weighted by molar-refractivity contribution is 6.31. The van der Waals surface area contributed by atoms with E-state index in [4.69, 9.17) is 21.1 Å². The molecule has 1 fully saturated rings. The minimum Gasteiger partial charge on any atom is -0.345 e. The number of hydrogen-bond donors (Lipinski definition) is 0. The summed E-state index contributed by atoms with van der Waals surface area (Å²) in [6, 6.07) is 7.64. The predicted molar refractivity (Wildman–Crippen MR) is 59.9 cm³/mol. The molecule has 1 aromatic carbocycles. The van der Waals surface area contributed by atoms with E-state index in [0.29, 0.717) is 5.02 Å². The lowest BCUT2D eigenvalue weighted by Gasteiger charge is -2.33. The smallest absolute Gasteiger partial charge is 0.185 e. The molecule has 0 amide bonds. The van der Waals surface area contributed by atoms with Gasteiger partial charge in [-0.25, -0.2) is 0 Å². The van der Waals surface area contributed by atoms with Crippen LogP contribution in [-0.4, -0.2) is 12.2 Å². The zero-order chi connectivity index (χ0) is 10.8. The molecule has 0 N–H and O–H groups in total. The largest absolute Gasteiger partial charge is 0.345 e. The average molecular weight is 227 g/mol. The van der Waals surface area contributed by atoms with Gasteiger partial charge >= 0.3 is 0 Å². The Morgan fingerprint density at radius 2 is 1.73 bits per heavy atom. The predicted octanol–water partition coefficient (Wildman–Crippen LogP) is 3.55. The van der Waals surface area contributed by atoms with Crippen LogP contribution in [0.25, 0.3) is 0 Å². The zero-order valence-electron chi connectivity index (χ0n) is 8.94. The van der Waals surface area contributed by atoms with E-state index in [-0.39, 0.29) is 18.5 Å². The minimum absolute atomic E-state index is 0.218. The highest BCUT2D eigenvalue weighted by Crippen LogP contribution is 2.33. The fraction of sp³-hybridized carbons (Fsp3) is 0.500. The maximum atomic E-state index is 6.09. The summed E-state index contributed by atoms with van der Waals surface area (Å²) in [5, 5.41) is 0.698. The third-order valence-corrected chi connectivity index (χ3v) is 2.88. The fourth-order valence-corrected chi connectivity index (χ4v) is 2.07. The van der Waals surface area contributed by atoms with Crippen LogP contribution in [0.3, 0.4) is 0 Å². The number of ether oxygens (including phenoxy) is 2. The quantitative estimate of drug-likeness (QED) is 0.729. The molecular weight excluding hydrogens is 212 g/mol. The van der Waals surface area contributed by atoms with Gasteiger partial charge in [0.25, 0.3) is 0 Å². The van der Waals surface area contributed by atoms with E-state index in [0.717, 1.165) is 12.0 Å². The molecule has 3 atom stereocenters. The normalized spacial score (nSPS) is 31.5. The minimum atomic E-state index is -0.322. The van der Waals surface area contributed by atoms with Crippen molar-refractivity contribution in [2.45, 2.75) is 38.8 Å². The summed E-state index contributed by atoms with van der Waals surface area (Å²) >= 11 is 6.09. The molecule has 82 valence electrons. The van der Waals surface area contributed by atoms with Crippen molar-refractivity contribution in [2.75, 3.05) is 0 Å². The van der Waals surface area contributed by atoms with Crippen molar-refractivity contribution in [2.24, 2.45) is 0 Å². The van der Waals surface area contributed by atoms with Crippen LogP contribution < -0.4 is 0 Å². The molecule has 1 heterocycles. The van der Waals surface area contributed by atoms with Crippen molar-refractivity contribution in [1.82, 2.24) is 0 Å². The van der Waals surface area contributed by atoms with Crippen LogP contribution in [0.1, 0.15) is 32.1 Å². The Kier molecular flexibility index (Phi) is 3.29. The Balaban J connectivity index is 2.20. The van der Waals surface area contributed by atoms with Gasteiger partial charge in [0.15, 0.2) is 6.29 Å². The maximum Gasteiger partial charge on any atom is 0.185 e. The molecule has 0 radical (unpaired) electrons. The van der Waals surface area contributed by atoms with Gasteiger partial charge in [0.05, 0.1) is 12.2 Å². The topological polar surface area (TPSA) is 18.5 Å². The number of benzene rings is 1. The van der Waals surface area contributed by atoms with E-state index in [9.17, 15) is 0 Å². The third kappa shape index (κ3) is 2.51. The molecule has 0 saturated carbocycles. The SMILES string of the molecule is C[C@@H]1C[C@H](C)OC(c2ccccc2Cl)O1. The van der Waals surface area contributed by atoms with Gasteiger partial charge < -0.3 is 9.47 Å². The lowest BCUT2D eigenvalue weighted by atomic mass is 10.1. The Morgan fingerprint density at radius 1 is 1.13 bits per heavy atom. The molecule has 1 unspecified atom stereocenters. The van der Waals surface area contributed by atoms with Gasteiger partial charge in [0.2, 0.25) is 0 Å². The summed E-state index contributed by atoms with van der Waals surface area (Å²) in [5.41, 5.74) is 0.914. The van der Waals surface area contributed by atoms with Gasteiger partial charge in [-0.1, -0.05) is 29.8 Å². The van der Waals surface area contributed by atoms with E-state index in [1.165, 1.54) is 0 Å². The van der Waals surface area contributed by atoms with Gasteiger partial charge in [0.1, 0.15) is 0 Å². The molecule has 15 heavy (non-hydrogen) atoms. The van der Waals surface area contributed by atoms with E-state index in [1.54, 1.807) is 0 Å². The van der Waals surface area contributed by atoms with Crippen molar-refractivity contribution in [3.05, 3.63) is 34.9 Å². The van der Waals surface area contributed by atoms with Crippen molar-refractivity contribution < 1.29 is 9.47 Å². The summed E-state index contributed by atoms with van der Waals surface area (Å²) < 4.78 is 11.4. The second-order valence-electron chi connectivity index (χ2n) is 3.98. The third-order valence-electron chi connectivity index (χ3n) is 2.53. The van der Waals surface area contributed by atoms with E-state index in [1.807, 2.05) is 24.3 Å². The van der Waals surface area contributed by atoms with Gasteiger partial charge in [-0.05, 0) is 26.3 Å². The van der Waals surface area contributed by atoms with Crippen LogP contribution in [0.2, 0.25) is 5.02 Å². The monoisotopic (exact) mass is 226 g/mol. The second kappa shape index (κ2) is 4.52. The molecule has 3 heteroatoms. The lowest BCUT2D eigenvalue weighted by Crippen LogP contribution is -2.30. The van der Waals surface area contributed by atoms with Crippen LogP contribution in [0.5, 0.6) is 0 Å². The average Bonchev–Trinajstić information content (AvgIpc) is 2.16. The van der Waals surface area contributed by atoms with Gasteiger partial charge in [0, 0.05) is 10.6 Å². The molecule has 1 saturated heterocycles. The van der Waals surface area contributed by atoms with E-state index < -0.39 is 0 Å². The molecule has 1 aromatic rings. The van der Waals surface area contributed by atoms with Gasteiger partial charge in [-0.15, -0.1) is 0 Å². The summed E-state index contributed by atoms with van der Waals surface area (Å²) in [6.07, 6.45) is 1.04. The molecule has 1 aliphatic rings. The first-order chi connectivity index (χ1) is 7.16. The highest BCUT2D eigenvalue weighted by atomic mass is 35.5. The molecule has 1 aliphatic heterocycles. The zero-order valence-corrected chi connectivity index (χ0v) is 9.70. The first-order valence-electron chi connectivity index (χ1n) is 5.22. The maximum absolute atomic E-state index is 6.09.